The predicted octanol–water partition coefficient (Wildman–Crippen LogP) is 7.97. The van der Waals surface area contributed by atoms with Crippen molar-refractivity contribution in [2.24, 2.45) is 5.41 Å². The van der Waals surface area contributed by atoms with E-state index in [1.807, 2.05) is 51.1 Å². The first-order valence-corrected chi connectivity index (χ1v) is 13.0. The molecule has 5 nitrogen and oxygen atoms in total. The summed E-state index contributed by atoms with van der Waals surface area (Å²) in [5.41, 5.74) is 3.56. The second-order valence-corrected chi connectivity index (χ2v) is 11.2. The van der Waals surface area contributed by atoms with E-state index in [2.05, 4.69) is 4.98 Å². The number of carboxylic acid groups (broad SMARTS) is 1. The van der Waals surface area contributed by atoms with Gasteiger partial charge in [0.25, 0.3) is 0 Å². The van der Waals surface area contributed by atoms with Crippen LogP contribution in [0.15, 0.2) is 54.7 Å². The number of aromatic nitrogens is 1. The van der Waals surface area contributed by atoms with Gasteiger partial charge in [0.1, 0.15) is 18.1 Å². The lowest BCUT2D eigenvalue weighted by Crippen LogP contribution is -2.21. The lowest BCUT2D eigenvalue weighted by molar-refractivity contribution is -0.141. The van der Waals surface area contributed by atoms with Crippen LogP contribution in [0.2, 0.25) is 0 Å². The fourth-order valence-electron chi connectivity index (χ4n) is 5.44. The fourth-order valence-corrected chi connectivity index (χ4v) is 5.44. The summed E-state index contributed by atoms with van der Waals surface area (Å²) in [5.74, 6) is -0.188. The van der Waals surface area contributed by atoms with Crippen LogP contribution in [0, 0.1) is 5.41 Å². The molecule has 2 unspecified atom stereocenters. The first-order valence-electron chi connectivity index (χ1n) is 13.0. The Morgan fingerprint density at radius 1 is 1.10 bits per heavy atom. The number of nitrogens with zero attached hydrogens (tertiary/aromatic N) is 1. The zero-order valence-corrected chi connectivity index (χ0v) is 22.6. The zero-order valence-electron chi connectivity index (χ0n) is 22.6. The van der Waals surface area contributed by atoms with Gasteiger partial charge in [-0.25, -0.2) is 0 Å². The molecule has 0 saturated heterocycles. The molecule has 2 aromatic carbocycles. The summed E-state index contributed by atoms with van der Waals surface area (Å²) in [5, 5.41) is 9.32. The molecule has 208 valence electrons. The molecule has 1 N–H and O–H groups in total. The molecule has 1 aromatic heterocycles. The van der Waals surface area contributed by atoms with Crippen molar-refractivity contribution in [1.82, 2.24) is 4.98 Å². The van der Waals surface area contributed by atoms with E-state index in [0.29, 0.717) is 16.9 Å². The summed E-state index contributed by atoms with van der Waals surface area (Å²) in [4.78, 5) is 14.9. The molecule has 0 radical (unpaired) electrons. The molecule has 0 spiro atoms. The normalized spacial score (nSPS) is 16.4. The maximum absolute atomic E-state index is 13.4. The molecule has 1 heterocycles. The van der Waals surface area contributed by atoms with Gasteiger partial charge in [-0.05, 0) is 94.3 Å². The maximum Gasteiger partial charge on any atom is 0.433 e. The predicted molar refractivity (Wildman–Crippen MR) is 143 cm³/mol. The lowest BCUT2D eigenvalue weighted by Gasteiger charge is -2.32. The third-order valence-corrected chi connectivity index (χ3v) is 7.16. The molecule has 39 heavy (non-hydrogen) atoms. The van der Waals surface area contributed by atoms with Gasteiger partial charge in [-0.1, -0.05) is 39.0 Å². The summed E-state index contributed by atoms with van der Waals surface area (Å²) in [7, 11) is 1.59. The molecule has 4 rings (SSSR count). The lowest BCUT2D eigenvalue weighted by atomic mass is 9.81. The number of carbonyl (C=O) groups is 1. The monoisotopic (exact) mass is 541 g/mol. The van der Waals surface area contributed by atoms with E-state index in [1.165, 1.54) is 6.20 Å². The van der Waals surface area contributed by atoms with Crippen LogP contribution in [-0.4, -0.2) is 23.2 Å². The number of hydrogen-bond acceptors (Lipinski definition) is 4. The van der Waals surface area contributed by atoms with Crippen LogP contribution in [0.3, 0.4) is 0 Å². The van der Waals surface area contributed by atoms with Crippen molar-refractivity contribution in [3.63, 3.8) is 0 Å². The van der Waals surface area contributed by atoms with E-state index in [0.717, 1.165) is 47.6 Å². The second-order valence-electron chi connectivity index (χ2n) is 11.2. The number of benzene rings is 2. The van der Waals surface area contributed by atoms with Crippen LogP contribution < -0.4 is 4.74 Å². The summed E-state index contributed by atoms with van der Waals surface area (Å²) in [6, 6.07) is 14.1. The quantitative estimate of drug-likeness (QED) is 0.313. The largest absolute Gasteiger partial charge is 0.489 e. The highest BCUT2D eigenvalue weighted by Gasteiger charge is 2.34. The van der Waals surface area contributed by atoms with Crippen LogP contribution in [0.1, 0.15) is 80.0 Å². The number of methoxy groups -OCH3 is 1. The Morgan fingerprint density at radius 3 is 2.54 bits per heavy atom. The molecule has 0 amide bonds. The average molecular weight is 542 g/mol. The molecule has 8 heteroatoms. The van der Waals surface area contributed by atoms with Gasteiger partial charge in [0, 0.05) is 13.3 Å². The Labute approximate surface area is 227 Å². The van der Waals surface area contributed by atoms with Crippen molar-refractivity contribution in [2.45, 2.75) is 71.3 Å². The fraction of sp³-hybridized carbons (Fsp3) is 0.419. The second kappa shape index (κ2) is 11.4. The summed E-state index contributed by atoms with van der Waals surface area (Å²) in [6.07, 6.45) is -0.945. The molecule has 0 saturated carbocycles. The SMILES string of the molecule is COC(c1cc(COc2ccc3c(c2)C(CC(=O)O)CCC3)ccc1-c1ccnc(C(F)(F)F)c1)C(C)(C)C. The molecule has 0 bridgehead atoms. The van der Waals surface area contributed by atoms with Gasteiger partial charge >= 0.3 is 12.1 Å². The van der Waals surface area contributed by atoms with Crippen LogP contribution in [0.5, 0.6) is 5.75 Å². The van der Waals surface area contributed by atoms with Crippen LogP contribution in [0.25, 0.3) is 11.1 Å². The topological polar surface area (TPSA) is 68.7 Å². The van der Waals surface area contributed by atoms with E-state index >= 15 is 0 Å². The molecule has 2 atom stereocenters. The smallest absolute Gasteiger partial charge is 0.433 e. The number of fused-ring (bicyclic) bond motifs is 1. The number of rotatable bonds is 8. The van der Waals surface area contributed by atoms with Crippen LogP contribution in [0.4, 0.5) is 13.2 Å². The molecular formula is C31H34F3NO4. The maximum atomic E-state index is 13.4. The summed E-state index contributed by atoms with van der Waals surface area (Å²) < 4.78 is 52.1. The van der Waals surface area contributed by atoms with Crippen LogP contribution >= 0.6 is 0 Å². The Morgan fingerprint density at radius 2 is 1.87 bits per heavy atom. The van der Waals surface area contributed by atoms with Gasteiger partial charge in [0.2, 0.25) is 0 Å². The van der Waals surface area contributed by atoms with E-state index in [1.54, 1.807) is 19.2 Å². The number of alkyl halides is 3. The van der Waals surface area contributed by atoms with E-state index in [4.69, 9.17) is 9.47 Å². The number of ether oxygens (including phenoxy) is 2. The minimum Gasteiger partial charge on any atom is -0.489 e. The third-order valence-electron chi connectivity index (χ3n) is 7.16. The molecule has 1 aliphatic carbocycles. The third kappa shape index (κ3) is 6.79. The minimum atomic E-state index is -4.55. The number of hydrogen-bond donors (Lipinski definition) is 1. The van der Waals surface area contributed by atoms with E-state index < -0.39 is 23.9 Å². The van der Waals surface area contributed by atoms with Gasteiger partial charge in [-0.3, -0.25) is 9.78 Å². The number of aryl methyl sites for hydroxylation is 1. The van der Waals surface area contributed by atoms with Crippen molar-refractivity contribution in [3.05, 3.63) is 82.7 Å². The standard InChI is InChI=1S/C31H34F3NO4/c1-30(2,3)29(38-4)26-14-19(8-11-24(26)22-12-13-35-27(15-22)31(32,33)34)18-39-23-10-9-20-6-5-7-21(16-28(36)37)25(20)17-23/h8-15,17,21,29H,5-7,16,18H2,1-4H3,(H,36,37). The molecule has 0 fully saturated rings. The average Bonchev–Trinajstić information content (AvgIpc) is 2.87. The molecule has 1 aliphatic rings. The van der Waals surface area contributed by atoms with Gasteiger partial charge in [0.05, 0.1) is 12.5 Å². The van der Waals surface area contributed by atoms with E-state index in [-0.39, 0.29) is 24.4 Å². The van der Waals surface area contributed by atoms with Gasteiger partial charge in [-0.2, -0.15) is 13.2 Å². The number of pyridine rings is 1. The highest BCUT2D eigenvalue weighted by molar-refractivity contribution is 5.69. The number of aliphatic carboxylic acids is 1. The number of carboxylic acids is 1. The van der Waals surface area contributed by atoms with Gasteiger partial charge in [0.15, 0.2) is 0 Å². The Hall–Kier alpha value is -3.39. The van der Waals surface area contributed by atoms with Crippen molar-refractivity contribution in [2.75, 3.05) is 7.11 Å². The molecule has 0 aliphatic heterocycles. The first kappa shape index (κ1) is 28.6. The van der Waals surface area contributed by atoms with Gasteiger partial charge < -0.3 is 14.6 Å². The van der Waals surface area contributed by atoms with Crippen molar-refractivity contribution < 1.29 is 32.5 Å². The minimum absolute atomic E-state index is 0.0307. The summed E-state index contributed by atoms with van der Waals surface area (Å²) >= 11 is 0. The molecular weight excluding hydrogens is 507 g/mol. The van der Waals surface area contributed by atoms with Crippen molar-refractivity contribution in [3.8, 4) is 16.9 Å². The zero-order chi connectivity index (χ0) is 28.4. The Balaban J connectivity index is 1.66. The highest BCUT2D eigenvalue weighted by Crippen LogP contribution is 2.42. The Kier molecular flexibility index (Phi) is 8.35. The Bertz CT molecular complexity index is 1330. The first-order chi connectivity index (χ1) is 18.4. The van der Waals surface area contributed by atoms with E-state index in [9.17, 15) is 23.1 Å². The van der Waals surface area contributed by atoms with Crippen molar-refractivity contribution in [1.29, 1.82) is 0 Å². The van der Waals surface area contributed by atoms with Gasteiger partial charge in [-0.15, -0.1) is 0 Å². The highest BCUT2D eigenvalue weighted by atomic mass is 19.4. The van der Waals surface area contributed by atoms with Crippen molar-refractivity contribution >= 4 is 5.97 Å². The summed E-state index contributed by atoms with van der Waals surface area (Å²) in [6.45, 7) is 6.29. The number of halogens is 3. The molecule has 3 aromatic rings. The van der Waals surface area contributed by atoms with Crippen LogP contribution in [-0.2, 0) is 28.7 Å².